The summed E-state index contributed by atoms with van der Waals surface area (Å²) in [5.41, 5.74) is 2.57. The first-order valence-corrected chi connectivity index (χ1v) is 6.21. The third-order valence-electron chi connectivity index (χ3n) is 2.27. The Bertz CT molecular complexity index is 523. The molecule has 0 atom stereocenters. The Kier molecular flexibility index (Phi) is 3.99. The minimum atomic E-state index is -0.764. The number of nitrogens with one attached hydrogen (secondary N) is 1. The molecule has 0 saturated carbocycles. The largest absolute Gasteiger partial charge is 0.352 e. The molecule has 6 heteroatoms. The maximum absolute atomic E-state index is 12.9. The summed E-state index contributed by atoms with van der Waals surface area (Å²) >= 11 is 1.48. The van der Waals surface area contributed by atoms with E-state index in [0.717, 1.165) is 23.9 Å². The number of benzene rings is 1. The van der Waals surface area contributed by atoms with Gasteiger partial charge >= 0.3 is 0 Å². The van der Waals surface area contributed by atoms with Crippen LogP contribution < -0.4 is 5.32 Å². The molecule has 1 N–H and O–H groups in total. The molecule has 2 rings (SSSR count). The van der Waals surface area contributed by atoms with Gasteiger partial charge in [-0.15, -0.1) is 11.3 Å². The average Bonchev–Trinajstić information content (AvgIpc) is 2.80. The summed E-state index contributed by atoms with van der Waals surface area (Å²) in [6.45, 7) is 0.376. The molecule has 0 fully saturated rings. The molecule has 0 saturated heterocycles. The van der Waals surface area contributed by atoms with Gasteiger partial charge in [0.05, 0.1) is 11.2 Å². The average molecular weight is 268 g/mol. The summed E-state index contributed by atoms with van der Waals surface area (Å²) in [7, 11) is 0. The summed E-state index contributed by atoms with van der Waals surface area (Å²) in [6.07, 6.45) is 0.590. The second-order valence-corrected chi connectivity index (χ2v) is 4.36. The molecule has 0 aliphatic rings. The third-order valence-corrected chi connectivity index (χ3v) is 2.91. The highest BCUT2D eigenvalue weighted by Gasteiger charge is 2.08. The van der Waals surface area contributed by atoms with Gasteiger partial charge in [0, 0.05) is 30.0 Å². The summed E-state index contributed by atoms with van der Waals surface area (Å²) in [4.78, 5) is 15.7. The van der Waals surface area contributed by atoms with Crippen LogP contribution in [-0.4, -0.2) is 17.4 Å². The predicted octanol–water partition coefficient (Wildman–Crippen LogP) is 2.39. The maximum Gasteiger partial charge on any atom is 0.251 e. The molecular weight excluding hydrogens is 258 g/mol. The van der Waals surface area contributed by atoms with Crippen LogP contribution in [0.15, 0.2) is 29.1 Å². The third kappa shape index (κ3) is 3.33. The highest BCUT2D eigenvalue weighted by atomic mass is 32.1. The Morgan fingerprint density at radius 2 is 2.00 bits per heavy atom. The molecule has 0 aliphatic carbocycles. The van der Waals surface area contributed by atoms with Crippen molar-refractivity contribution in [2.24, 2.45) is 0 Å². The van der Waals surface area contributed by atoms with Crippen molar-refractivity contribution < 1.29 is 13.6 Å². The molecule has 1 amide bonds. The molecule has 1 aromatic carbocycles. The van der Waals surface area contributed by atoms with Gasteiger partial charge in [0.25, 0.3) is 5.91 Å². The van der Waals surface area contributed by atoms with Gasteiger partial charge in [-0.3, -0.25) is 4.79 Å². The Balaban J connectivity index is 1.91. The van der Waals surface area contributed by atoms with Crippen molar-refractivity contribution in [2.75, 3.05) is 6.54 Å². The summed E-state index contributed by atoms with van der Waals surface area (Å²) in [5.74, 6) is -2.03. The molecule has 18 heavy (non-hydrogen) atoms. The molecular formula is C12H10F2N2OS. The first-order valence-electron chi connectivity index (χ1n) is 5.26. The van der Waals surface area contributed by atoms with Crippen LogP contribution in [0.1, 0.15) is 16.1 Å². The van der Waals surface area contributed by atoms with Crippen LogP contribution in [0.4, 0.5) is 8.78 Å². The van der Waals surface area contributed by atoms with E-state index in [1.807, 2.05) is 5.38 Å². The van der Waals surface area contributed by atoms with Gasteiger partial charge in [-0.1, -0.05) is 0 Å². The van der Waals surface area contributed by atoms with Crippen molar-refractivity contribution in [3.05, 3.63) is 52.0 Å². The summed E-state index contributed by atoms with van der Waals surface area (Å²) in [6, 6.07) is 2.73. The van der Waals surface area contributed by atoms with E-state index in [1.54, 1.807) is 5.51 Å². The van der Waals surface area contributed by atoms with Gasteiger partial charge in [0.2, 0.25) is 0 Å². The molecule has 0 aliphatic heterocycles. The number of nitrogens with zero attached hydrogens (tertiary/aromatic N) is 1. The number of carbonyl (C=O) groups excluding carboxylic acids is 1. The van der Waals surface area contributed by atoms with Crippen LogP contribution in [0.3, 0.4) is 0 Å². The lowest BCUT2D eigenvalue weighted by Gasteiger charge is -2.04. The van der Waals surface area contributed by atoms with Gasteiger partial charge in [-0.25, -0.2) is 13.8 Å². The highest BCUT2D eigenvalue weighted by molar-refractivity contribution is 7.07. The standard InChI is InChI=1S/C12H10F2N2OS/c13-9-3-8(4-10(14)5-9)12(17)15-2-1-11-6-18-7-16-11/h3-7H,1-2H2,(H,15,17). The quantitative estimate of drug-likeness (QED) is 0.925. The van der Waals surface area contributed by atoms with Gasteiger partial charge in [0.15, 0.2) is 0 Å². The fraction of sp³-hybridized carbons (Fsp3) is 0.167. The van der Waals surface area contributed by atoms with Crippen molar-refractivity contribution in [3.8, 4) is 0 Å². The molecule has 94 valence electrons. The lowest BCUT2D eigenvalue weighted by atomic mass is 10.2. The van der Waals surface area contributed by atoms with Crippen LogP contribution in [0.25, 0.3) is 0 Å². The summed E-state index contributed by atoms with van der Waals surface area (Å²) in [5, 5.41) is 4.47. The molecule has 1 aromatic heterocycles. The van der Waals surface area contributed by atoms with Crippen molar-refractivity contribution in [1.29, 1.82) is 0 Å². The van der Waals surface area contributed by atoms with E-state index in [1.165, 1.54) is 11.3 Å². The van der Waals surface area contributed by atoms with E-state index in [2.05, 4.69) is 10.3 Å². The van der Waals surface area contributed by atoms with Crippen LogP contribution in [-0.2, 0) is 6.42 Å². The maximum atomic E-state index is 12.9. The minimum absolute atomic E-state index is 0.0224. The predicted molar refractivity (Wildman–Crippen MR) is 64.5 cm³/mol. The number of thiazole rings is 1. The fourth-order valence-corrected chi connectivity index (χ4v) is 2.04. The van der Waals surface area contributed by atoms with Crippen molar-refractivity contribution in [2.45, 2.75) is 6.42 Å². The van der Waals surface area contributed by atoms with Gasteiger partial charge in [-0.05, 0) is 12.1 Å². The zero-order chi connectivity index (χ0) is 13.0. The van der Waals surface area contributed by atoms with E-state index in [-0.39, 0.29) is 5.56 Å². The summed E-state index contributed by atoms with van der Waals surface area (Å²) < 4.78 is 25.8. The lowest BCUT2D eigenvalue weighted by molar-refractivity contribution is 0.0953. The van der Waals surface area contributed by atoms with Crippen LogP contribution in [0.5, 0.6) is 0 Å². The Morgan fingerprint density at radius 3 is 2.61 bits per heavy atom. The smallest absolute Gasteiger partial charge is 0.251 e. The van der Waals surface area contributed by atoms with Crippen LogP contribution >= 0.6 is 11.3 Å². The van der Waals surface area contributed by atoms with E-state index in [0.29, 0.717) is 13.0 Å². The highest BCUT2D eigenvalue weighted by Crippen LogP contribution is 2.08. The topological polar surface area (TPSA) is 42.0 Å². The number of hydrogen-bond donors (Lipinski definition) is 1. The zero-order valence-corrected chi connectivity index (χ0v) is 10.1. The minimum Gasteiger partial charge on any atom is -0.352 e. The molecule has 0 radical (unpaired) electrons. The van der Waals surface area contributed by atoms with E-state index in [9.17, 15) is 13.6 Å². The first-order chi connectivity index (χ1) is 8.65. The van der Waals surface area contributed by atoms with E-state index < -0.39 is 17.5 Å². The number of rotatable bonds is 4. The Morgan fingerprint density at radius 1 is 1.28 bits per heavy atom. The molecule has 0 bridgehead atoms. The first kappa shape index (κ1) is 12.6. The molecule has 3 nitrogen and oxygen atoms in total. The monoisotopic (exact) mass is 268 g/mol. The van der Waals surface area contributed by atoms with Crippen molar-refractivity contribution in [1.82, 2.24) is 10.3 Å². The van der Waals surface area contributed by atoms with E-state index >= 15 is 0 Å². The normalized spacial score (nSPS) is 10.3. The number of carbonyl (C=O) groups is 1. The number of amides is 1. The van der Waals surface area contributed by atoms with E-state index in [4.69, 9.17) is 0 Å². The SMILES string of the molecule is O=C(NCCc1cscn1)c1cc(F)cc(F)c1. The van der Waals surface area contributed by atoms with Gasteiger partial charge < -0.3 is 5.32 Å². The van der Waals surface area contributed by atoms with Gasteiger partial charge in [0.1, 0.15) is 11.6 Å². The molecule has 2 aromatic rings. The van der Waals surface area contributed by atoms with Crippen molar-refractivity contribution >= 4 is 17.2 Å². The fourth-order valence-electron chi connectivity index (χ4n) is 1.45. The second kappa shape index (κ2) is 5.68. The lowest BCUT2D eigenvalue weighted by Crippen LogP contribution is -2.26. The molecule has 0 unspecified atom stereocenters. The second-order valence-electron chi connectivity index (χ2n) is 3.64. The number of hydrogen-bond acceptors (Lipinski definition) is 3. The number of halogens is 2. The zero-order valence-electron chi connectivity index (χ0n) is 9.32. The Hall–Kier alpha value is -1.82. The van der Waals surface area contributed by atoms with Crippen LogP contribution in [0.2, 0.25) is 0 Å². The van der Waals surface area contributed by atoms with Crippen LogP contribution in [0, 0.1) is 11.6 Å². The Labute approximate surface area is 106 Å². The molecule has 1 heterocycles. The number of aromatic nitrogens is 1. The van der Waals surface area contributed by atoms with Crippen molar-refractivity contribution in [3.63, 3.8) is 0 Å². The van der Waals surface area contributed by atoms with Gasteiger partial charge in [-0.2, -0.15) is 0 Å². The molecule has 0 spiro atoms.